The number of carbonyl (C=O) groups is 2. The van der Waals surface area contributed by atoms with E-state index >= 15 is 0 Å². The highest BCUT2D eigenvalue weighted by Gasteiger charge is 2.26. The standard InChI is InChI=1S/C18H19N3O5S/c1-27(24,25)20-14-7-3-2-6-13(14)10-19-17(22)11-21-15-8-4-5-9-16(15)26-12-18(21)23/h2-9,20H,10-12H2,1H3,(H,19,22). The largest absolute Gasteiger partial charge is 0.482 e. The number of ether oxygens (including phenoxy) is 1. The van der Waals surface area contributed by atoms with Crippen LogP contribution in [0.1, 0.15) is 5.56 Å². The van der Waals surface area contributed by atoms with Crippen LogP contribution >= 0.6 is 0 Å². The summed E-state index contributed by atoms with van der Waals surface area (Å²) in [5, 5.41) is 2.72. The average Bonchev–Trinajstić information content (AvgIpc) is 2.62. The van der Waals surface area contributed by atoms with Crippen LogP contribution in [0.3, 0.4) is 0 Å². The predicted molar refractivity (Wildman–Crippen MR) is 101 cm³/mol. The Morgan fingerprint density at radius 3 is 2.63 bits per heavy atom. The number of amides is 2. The number of rotatable bonds is 6. The van der Waals surface area contributed by atoms with Crippen molar-refractivity contribution < 1.29 is 22.7 Å². The van der Waals surface area contributed by atoms with E-state index < -0.39 is 10.0 Å². The van der Waals surface area contributed by atoms with Crippen molar-refractivity contribution in [2.75, 3.05) is 29.0 Å². The van der Waals surface area contributed by atoms with Gasteiger partial charge in [0.2, 0.25) is 15.9 Å². The van der Waals surface area contributed by atoms with Crippen LogP contribution in [-0.2, 0) is 26.2 Å². The Morgan fingerprint density at radius 1 is 1.15 bits per heavy atom. The van der Waals surface area contributed by atoms with Gasteiger partial charge in [-0.3, -0.25) is 19.2 Å². The number of hydrogen-bond acceptors (Lipinski definition) is 5. The van der Waals surface area contributed by atoms with Crippen LogP contribution in [0.15, 0.2) is 48.5 Å². The molecule has 0 bridgehead atoms. The minimum Gasteiger partial charge on any atom is -0.482 e. The number of hydrogen-bond donors (Lipinski definition) is 2. The van der Waals surface area contributed by atoms with E-state index in [1.54, 1.807) is 48.5 Å². The van der Waals surface area contributed by atoms with Gasteiger partial charge in [0.15, 0.2) is 6.61 Å². The number of carbonyl (C=O) groups excluding carboxylic acids is 2. The van der Waals surface area contributed by atoms with Crippen LogP contribution in [0.4, 0.5) is 11.4 Å². The number of para-hydroxylation sites is 3. The van der Waals surface area contributed by atoms with Gasteiger partial charge in [-0.25, -0.2) is 8.42 Å². The summed E-state index contributed by atoms with van der Waals surface area (Å²) in [5.41, 5.74) is 1.56. The SMILES string of the molecule is CS(=O)(=O)Nc1ccccc1CNC(=O)CN1C(=O)COc2ccccc21. The lowest BCUT2D eigenvalue weighted by molar-refractivity contribution is -0.125. The van der Waals surface area contributed by atoms with Crippen molar-refractivity contribution in [1.82, 2.24) is 5.32 Å². The molecule has 0 aromatic heterocycles. The first-order chi connectivity index (χ1) is 12.8. The summed E-state index contributed by atoms with van der Waals surface area (Å²) in [6.45, 7) is -0.149. The fraction of sp³-hybridized carbons (Fsp3) is 0.222. The molecule has 0 saturated heterocycles. The minimum absolute atomic E-state index is 0.120. The summed E-state index contributed by atoms with van der Waals surface area (Å²) >= 11 is 0. The molecular weight excluding hydrogens is 370 g/mol. The van der Waals surface area contributed by atoms with E-state index in [0.29, 0.717) is 22.7 Å². The van der Waals surface area contributed by atoms with Crippen molar-refractivity contribution in [2.45, 2.75) is 6.54 Å². The summed E-state index contributed by atoms with van der Waals surface area (Å²) in [6, 6.07) is 13.8. The highest BCUT2D eigenvalue weighted by Crippen LogP contribution is 2.31. The van der Waals surface area contributed by atoms with Crippen molar-refractivity contribution in [1.29, 1.82) is 0 Å². The van der Waals surface area contributed by atoms with Crippen LogP contribution in [-0.4, -0.2) is 39.6 Å². The van der Waals surface area contributed by atoms with E-state index in [2.05, 4.69) is 10.0 Å². The maximum atomic E-state index is 12.4. The monoisotopic (exact) mass is 389 g/mol. The first kappa shape index (κ1) is 18.7. The van der Waals surface area contributed by atoms with Crippen molar-refractivity contribution in [2.24, 2.45) is 0 Å². The van der Waals surface area contributed by atoms with Gasteiger partial charge in [0, 0.05) is 6.54 Å². The van der Waals surface area contributed by atoms with Gasteiger partial charge in [-0.05, 0) is 23.8 Å². The van der Waals surface area contributed by atoms with E-state index in [0.717, 1.165) is 6.26 Å². The molecule has 8 nitrogen and oxygen atoms in total. The zero-order valence-corrected chi connectivity index (χ0v) is 15.5. The molecule has 0 fully saturated rings. The van der Waals surface area contributed by atoms with Gasteiger partial charge in [-0.1, -0.05) is 30.3 Å². The smallest absolute Gasteiger partial charge is 0.265 e. The van der Waals surface area contributed by atoms with E-state index in [4.69, 9.17) is 4.74 Å². The van der Waals surface area contributed by atoms with Gasteiger partial charge in [0.05, 0.1) is 17.6 Å². The van der Waals surface area contributed by atoms with Crippen LogP contribution < -0.4 is 19.7 Å². The van der Waals surface area contributed by atoms with Crippen LogP contribution in [0, 0.1) is 0 Å². The topological polar surface area (TPSA) is 105 Å². The average molecular weight is 389 g/mol. The molecule has 3 rings (SSSR count). The predicted octanol–water partition coefficient (Wildman–Crippen LogP) is 1.10. The molecule has 2 aromatic carbocycles. The van der Waals surface area contributed by atoms with E-state index in [-0.39, 0.29) is 31.5 Å². The van der Waals surface area contributed by atoms with E-state index in [1.165, 1.54) is 4.90 Å². The first-order valence-corrected chi connectivity index (χ1v) is 10.1. The lowest BCUT2D eigenvalue weighted by Crippen LogP contribution is -2.45. The summed E-state index contributed by atoms with van der Waals surface area (Å²) < 4.78 is 30.7. The number of nitrogens with zero attached hydrogens (tertiary/aromatic N) is 1. The van der Waals surface area contributed by atoms with Crippen molar-refractivity contribution in [3.8, 4) is 5.75 Å². The highest BCUT2D eigenvalue weighted by atomic mass is 32.2. The lowest BCUT2D eigenvalue weighted by atomic mass is 10.2. The van der Waals surface area contributed by atoms with Crippen LogP contribution in [0.5, 0.6) is 5.75 Å². The number of benzene rings is 2. The van der Waals surface area contributed by atoms with E-state index in [9.17, 15) is 18.0 Å². The molecule has 1 aliphatic heterocycles. The van der Waals surface area contributed by atoms with Gasteiger partial charge in [0.1, 0.15) is 12.3 Å². The number of sulfonamides is 1. The quantitative estimate of drug-likeness (QED) is 0.770. The molecule has 1 aliphatic rings. The van der Waals surface area contributed by atoms with Gasteiger partial charge in [0.25, 0.3) is 5.91 Å². The molecule has 0 spiro atoms. The normalized spacial score (nSPS) is 13.5. The van der Waals surface area contributed by atoms with Crippen molar-refractivity contribution in [3.05, 3.63) is 54.1 Å². The van der Waals surface area contributed by atoms with Gasteiger partial charge >= 0.3 is 0 Å². The van der Waals surface area contributed by atoms with E-state index in [1.807, 2.05) is 0 Å². The molecule has 9 heteroatoms. The number of anilines is 2. The summed E-state index contributed by atoms with van der Waals surface area (Å²) in [7, 11) is -3.43. The fourth-order valence-electron chi connectivity index (χ4n) is 2.69. The molecule has 0 unspecified atom stereocenters. The molecule has 1 heterocycles. The van der Waals surface area contributed by atoms with Crippen molar-refractivity contribution >= 4 is 33.2 Å². The molecule has 0 aliphatic carbocycles. The molecule has 2 N–H and O–H groups in total. The fourth-order valence-corrected chi connectivity index (χ4v) is 3.29. The second-order valence-electron chi connectivity index (χ2n) is 6.04. The van der Waals surface area contributed by atoms with Gasteiger partial charge in [-0.2, -0.15) is 0 Å². The molecule has 0 atom stereocenters. The number of fused-ring (bicyclic) bond motifs is 1. The van der Waals surface area contributed by atoms with Crippen LogP contribution in [0.2, 0.25) is 0 Å². The Labute approximate surface area is 157 Å². The molecule has 2 aromatic rings. The maximum absolute atomic E-state index is 12.4. The molecule has 0 saturated carbocycles. The van der Waals surface area contributed by atoms with Crippen molar-refractivity contribution in [3.63, 3.8) is 0 Å². The third-order valence-corrected chi connectivity index (χ3v) is 4.49. The second kappa shape index (κ2) is 7.67. The van der Waals surface area contributed by atoms with Gasteiger partial charge < -0.3 is 10.1 Å². The number of nitrogens with one attached hydrogen (secondary N) is 2. The second-order valence-corrected chi connectivity index (χ2v) is 7.79. The Balaban J connectivity index is 1.67. The highest BCUT2D eigenvalue weighted by molar-refractivity contribution is 7.92. The third-order valence-electron chi connectivity index (χ3n) is 3.90. The minimum atomic E-state index is -3.43. The molecule has 2 amide bonds. The Kier molecular flexibility index (Phi) is 5.31. The molecule has 27 heavy (non-hydrogen) atoms. The Bertz CT molecular complexity index is 974. The first-order valence-electron chi connectivity index (χ1n) is 8.18. The molecular formula is C18H19N3O5S. The summed E-state index contributed by atoms with van der Waals surface area (Å²) in [5.74, 6) is -0.121. The Morgan fingerprint density at radius 2 is 1.85 bits per heavy atom. The summed E-state index contributed by atoms with van der Waals surface area (Å²) in [4.78, 5) is 25.8. The molecule has 142 valence electrons. The zero-order valence-electron chi connectivity index (χ0n) is 14.6. The van der Waals surface area contributed by atoms with Gasteiger partial charge in [-0.15, -0.1) is 0 Å². The Hall–Kier alpha value is -3.07. The maximum Gasteiger partial charge on any atom is 0.265 e. The third kappa shape index (κ3) is 4.76. The summed E-state index contributed by atoms with van der Waals surface area (Å²) in [6.07, 6.45) is 1.06. The zero-order chi connectivity index (χ0) is 19.4. The van der Waals surface area contributed by atoms with Crippen LogP contribution in [0.25, 0.3) is 0 Å². The molecule has 0 radical (unpaired) electrons. The lowest BCUT2D eigenvalue weighted by Gasteiger charge is -2.28.